The summed E-state index contributed by atoms with van der Waals surface area (Å²) in [6.07, 6.45) is 0.180. The number of anilines is 2. The van der Waals surface area contributed by atoms with E-state index in [1.165, 1.54) is 12.1 Å². The van der Waals surface area contributed by atoms with Crippen LogP contribution in [0.1, 0.15) is 12.5 Å². The highest BCUT2D eigenvalue weighted by molar-refractivity contribution is 5.83. The van der Waals surface area contributed by atoms with E-state index in [1.807, 2.05) is 0 Å². The number of carbonyl (C=O) groups is 1. The second-order valence-electron chi connectivity index (χ2n) is 4.45. The number of halogens is 1. The standard InChI is InChI=1S/C15H17FN4O2/c1-2-22-15(21)18-14-8-7-13(19-20-14)17-10-9-11-3-5-12(16)6-4-11/h3-8H,2,9-10H2,1H3,(H,17,19)(H,18,20,21). The zero-order chi connectivity index (χ0) is 15.8. The highest BCUT2D eigenvalue weighted by atomic mass is 19.1. The van der Waals surface area contributed by atoms with Crippen molar-refractivity contribution in [2.45, 2.75) is 13.3 Å². The van der Waals surface area contributed by atoms with Crippen molar-refractivity contribution in [1.82, 2.24) is 10.2 Å². The second-order valence-corrected chi connectivity index (χ2v) is 4.45. The van der Waals surface area contributed by atoms with Crippen molar-refractivity contribution in [2.24, 2.45) is 0 Å². The van der Waals surface area contributed by atoms with Crippen molar-refractivity contribution in [2.75, 3.05) is 23.8 Å². The molecule has 0 fully saturated rings. The Kier molecular flexibility index (Phi) is 5.65. The molecular formula is C15H17FN4O2. The number of nitrogens with zero attached hydrogens (tertiary/aromatic N) is 2. The molecular weight excluding hydrogens is 287 g/mol. The fourth-order valence-electron chi connectivity index (χ4n) is 1.75. The van der Waals surface area contributed by atoms with Crippen LogP contribution in [0.2, 0.25) is 0 Å². The second kappa shape index (κ2) is 7.92. The van der Waals surface area contributed by atoms with Crippen LogP contribution in [0, 0.1) is 5.82 Å². The zero-order valence-electron chi connectivity index (χ0n) is 12.2. The monoisotopic (exact) mass is 304 g/mol. The predicted molar refractivity (Wildman–Crippen MR) is 81.3 cm³/mol. The van der Waals surface area contributed by atoms with Gasteiger partial charge in [0.15, 0.2) is 5.82 Å². The SMILES string of the molecule is CCOC(=O)Nc1ccc(NCCc2ccc(F)cc2)nn1. The lowest BCUT2D eigenvalue weighted by molar-refractivity contribution is 0.168. The third-order valence-electron chi connectivity index (χ3n) is 2.80. The molecule has 0 bridgehead atoms. The molecule has 2 N–H and O–H groups in total. The van der Waals surface area contributed by atoms with Crippen LogP contribution in [0.4, 0.5) is 20.8 Å². The van der Waals surface area contributed by atoms with Crippen LogP contribution in [0.25, 0.3) is 0 Å². The van der Waals surface area contributed by atoms with Crippen molar-refractivity contribution in [3.8, 4) is 0 Å². The Morgan fingerprint density at radius 1 is 1.14 bits per heavy atom. The first kappa shape index (κ1) is 15.7. The van der Waals surface area contributed by atoms with E-state index >= 15 is 0 Å². The van der Waals surface area contributed by atoms with Gasteiger partial charge >= 0.3 is 6.09 Å². The van der Waals surface area contributed by atoms with Gasteiger partial charge in [0.2, 0.25) is 0 Å². The first-order valence-electron chi connectivity index (χ1n) is 6.93. The number of nitrogens with one attached hydrogen (secondary N) is 2. The molecule has 22 heavy (non-hydrogen) atoms. The first-order chi connectivity index (χ1) is 10.7. The van der Waals surface area contributed by atoms with Crippen LogP contribution < -0.4 is 10.6 Å². The van der Waals surface area contributed by atoms with Crippen LogP contribution in [-0.4, -0.2) is 29.4 Å². The Morgan fingerprint density at radius 3 is 2.45 bits per heavy atom. The average molecular weight is 304 g/mol. The molecule has 2 aromatic rings. The molecule has 1 aromatic heterocycles. The summed E-state index contributed by atoms with van der Waals surface area (Å²) in [6.45, 7) is 2.66. The Labute approximate surface area is 127 Å². The molecule has 0 saturated carbocycles. The summed E-state index contributed by atoms with van der Waals surface area (Å²) in [5, 5.41) is 13.4. The number of benzene rings is 1. The highest BCUT2D eigenvalue weighted by Gasteiger charge is 2.03. The lowest BCUT2D eigenvalue weighted by Crippen LogP contribution is -2.15. The molecule has 7 heteroatoms. The van der Waals surface area contributed by atoms with Crippen LogP contribution >= 0.6 is 0 Å². The number of aromatic nitrogens is 2. The van der Waals surface area contributed by atoms with Crippen LogP contribution in [0.5, 0.6) is 0 Å². The third-order valence-corrected chi connectivity index (χ3v) is 2.80. The molecule has 116 valence electrons. The van der Waals surface area contributed by atoms with Crippen molar-refractivity contribution < 1.29 is 13.9 Å². The van der Waals surface area contributed by atoms with E-state index in [0.29, 0.717) is 24.8 Å². The number of ether oxygens (including phenoxy) is 1. The fraction of sp³-hybridized carbons (Fsp3) is 0.267. The molecule has 0 unspecified atom stereocenters. The number of carbonyl (C=O) groups excluding carboxylic acids is 1. The molecule has 0 spiro atoms. The Morgan fingerprint density at radius 2 is 1.82 bits per heavy atom. The Bertz CT molecular complexity index is 602. The maximum atomic E-state index is 12.8. The van der Waals surface area contributed by atoms with E-state index in [0.717, 1.165) is 12.0 Å². The number of amides is 1. The van der Waals surface area contributed by atoms with Gasteiger partial charge in [-0.25, -0.2) is 9.18 Å². The normalized spacial score (nSPS) is 10.1. The summed E-state index contributed by atoms with van der Waals surface area (Å²) in [5.74, 6) is 0.673. The fourth-order valence-corrected chi connectivity index (χ4v) is 1.75. The quantitative estimate of drug-likeness (QED) is 0.858. The molecule has 0 aliphatic heterocycles. The summed E-state index contributed by atoms with van der Waals surface area (Å²) in [5.41, 5.74) is 1.03. The van der Waals surface area contributed by atoms with Gasteiger partial charge in [0.05, 0.1) is 6.61 Å². The summed E-state index contributed by atoms with van der Waals surface area (Å²) >= 11 is 0. The summed E-state index contributed by atoms with van der Waals surface area (Å²) < 4.78 is 17.5. The maximum Gasteiger partial charge on any atom is 0.412 e. The van der Waals surface area contributed by atoms with Crippen LogP contribution in [0.3, 0.4) is 0 Å². The lowest BCUT2D eigenvalue weighted by atomic mass is 10.1. The zero-order valence-corrected chi connectivity index (χ0v) is 12.2. The topological polar surface area (TPSA) is 76.1 Å². The maximum absolute atomic E-state index is 12.8. The van der Waals surface area contributed by atoms with Gasteiger partial charge < -0.3 is 10.1 Å². The lowest BCUT2D eigenvalue weighted by Gasteiger charge is -2.07. The minimum atomic E-state index is -0.561. The number of hydrogen-bond donors (Lipinski definition) is 2. The molecule has 0 radical (unpaired) electrons. The Balaban J connectivity index is 1.78. The van der Waals surface area contributed by atoms with Crippen molar-refractivity contribution in [3.63, 3.8) is 0 Å². The van der Waals surface area contributed by atoms with E-state index in [9.17, 15) is 9.18 Å². The summed E-state index contributed by atoms with van der Waals surface area (Å²) in [6, 6.07) is 9.70. The van der Waals surface area contributed by atoms with Crippen molar-refractivity contribution in [1.29, 1.82) is 0 Å². The molecule has 1 amide bonds. The van der Waals surface area contributed by atoms with Gasteiger partial charge in [-0.2, -0.15) is 0 Å². The van der Waals surface area contributed by atoms with Gasteiger partial charge in [-0.1, -0.05) is 12.1 Å². The molecule has 0 saturated heterocycles. The van der Waals surface area contributed by atoms with Gasteiger partial charge in [-0.3, -0.25) is 5.32 Å². The molecule has 0 aliphatic carbocycles. The van der Waals surface area contributed by atoms with Gasteiger partial charge in [0, 0.05) is 6.54 Å². The molecule has 0 atom stereocenters. The number of hydrogen-bond acceptors (Lipinski definition) is 5. The van der Waals surface area contributed by atoms with Crippen molar-refractivity contribution >= 4 is 17.7 Å². The summed E-state index contributed by atoms with van der Waals surface area (Å²) in [4.78, 5) is 11.2. The minimum absolute atomic E-state index is 0.243. The minimum Gasteiger partial charge on any atom is -0.450 e. The summed E-state index contributed by atoms with van der Waals surface area (Å²) in [7, 11) is 0. The average Bonchev–Trinajstić information content (AvgIpc) is 2.51. The molecule has 1 heterocycles. The van der Waals surface area contributed by atoms with Crippen LogP contribution in [0.15, 0.2) is 36.4 Å². The molecule has 0 aliphatic rings. The van der Waals surface area contributed by atoms with E-state index in [1.54, 1.807) is 31.2 Å². The first-order valence-corrected chi connectivity index (χ1v) is 6.93. The van der Waals surface area contributed by atoms with Crippen LogP contribution in [-0.2, 0) is 11.2 Å². The number of rotatable bonds is 6. The molecule has 2 rings (SSSR count). The van der Waals surface area contributed by atoms with Gasteiger partial charge in [0.25, 0.3) is 0 Å². The van der Waals surface area contributed by atoms with Crippen molar-refractivity contribution in [3.05, 3.63) is 47.8 Å². The largest absolute Gasteiger partial charge is 0.450 e. The smallest absolute Gasteiger partial charge is 0.412 e. The van der Waals surface area contributed by atoms with Gasteiger partial charge in [-0.15, -0.1) is 10.2 Å². The van der Waals surface area contributed by atoms with Gasteiger partial charge in [0.1, 0.15) is 11.6 Å². The predicted octanol–water partition coefficient (Wildman–Crippen LogP) is 2.84. The van der Waals surface area contributed by atoms with E-state index in [2.05, 4.69) is 20.8 Å². The third kappa shape index (κ3) is 5.01. The molecule has 1 aromatic carbocycles. The van der Waals surface area contributed by atoms with E-state index in [4.69, 9.17) is 4.74 Å². The highest BCUT2D eigenvalue weighted by Crippen LogP contribution is 2.08. The molecule has 6 nitrogen and oxygen atoms in total. The van der Waals surface area contributed by atoms with Gasteiger partial charge in [-0.05, 0) is 43.2 Å². The Hall–Kier alpha value is -2.70. The van der Waals surface area contributed by atoms with E-state index < -0.39 is 6.09 Å². The van der Waals surface area contributed by atoms with E-state index in [-0.39, 0.29) is 5.82 Å².